The lowest BCUT2D eigenvalue weighted by Gasteiger charge is -2.39. The van der Waals surface area contributed by atoms with Crippen LogP contribution in [0.25, 0.3) is 0 Å². The van der Waals surface area contributed by atoms with Gasteiger partial charge in [0.2, 0.25) is 0 Å². The SMILES string of the molecule is NCc1ccc(N(CCO)C2CCC2)cc1C(F)(F)F. The summed E-state index contributed by atoms with van der Waals surface area (Å²) in [6.45, 7) is 0.138. The Kier molecular flexibility index (Phi) is 4.55. The molecule has 1 saturated carbocycles. The third kappa shape index (κ3) is 3.07. The molecule has 0 unspecified atom stereocenters. The molecule has 6 heteroatoms. The Morgan fingerprint density at radius 1 is 1.30 bits per heavy atom. The second kappa shape index (κ2) is 6.01. The number of hydrogen-bond acceptors (Lipinski definition) is 3. The van der Waals surface area contributed by atoms with E-state index in [4.69, 9.17) is 10.8 Å². The van der Waals surface area contributed by atoms with E-state index in [-0.39, 0.29) is 24.8 Å². The lowest BCUT2D eigenvalue weighted by molar-refractivity contribution is -0.138. The van der Waals surface area contributed by atoms with Crippen LogP contribution in [0.5, 0.6) is 0 Å². The van der Waals surface area contributed by atoms with E-state index in [9.17, 15) is 13.2 Å². The molecule has 1 aliphatic carbocycles. The lowest BCUT2D eigenvalue weighted by atomic mass is 9.90. The van der Waals surface area contributed by atoms with Crippen LogP contribution in [0.2, 0.25) is 0 Å². The highest BCUT2D eigenvalue weighted by molar-refractivity contribution is 5.53. The summed E-state index contributed by atoms with van der Waals surface area (Å²) in [5, 5.41) is 9.11. The maximum absolute atomic E-state index is 13.0. The van der Waals surface area contributed by atoms with Crippen LogP contribution in [0.1, 0.15) is 30.4 Å². The predicted molar refractivity (Wildman–Crippen MR) is 71.4 cm³/mol. The average Bonchev–Trinajstić information content (AvgIpc) is 2.34. The van der Waals surface area contributed by atoms with Gasteiger partial charge < -0.3 is 15.7 Å². The van der Waals surface area contributed by atoms with E-state index >= 15 is 0 Å². The summed E-state index contributed by atoms with van der Waals surface area (Å²) in [7, 11) is 0. The van der Waals surface area contributed by atoms with E-state index in [0.29, 0.717) is 12.2 Å². The fourth-order valence-electron chi connectivity index (χ4n) is 2.51. The number of rotatable bonds is 5. The average molecular weight is 288 g/mol. The molecule has 3 N–H and O–H groups in total. The number of anilines is 1. The fraction of sp³-hybridized carbons (Fsp3) is 0.571. The first-order valence-corrected chi connectivity index (χ1v) is 6.75. The molecule has 0 heterocycles. The van der Waals surface area contributed by atoms with Crippen LogP contribution in [-0.2, 0) is 12.7 Å². The maximum atomic E-state index is 13.0. The first kappa shape index (κ1) is 15.1. The summed E-state index contributed by atoms with van der Waals surface area (Å²) in [6, 6.07) is 4.47. The van der Waals surface area contributed by atoms with E-state index in [2.05, 4.69) is 0 Å². The number of nitrogens with zero attached hydrogens (tertiary/aromatic N) is 1. The highest BCUT2D eigenvalue weighted by Crippen LogP contribution is 2.36. The number of aliphatic hydroxyl groups excluding tert-OH is 1. The van der Waals surface area contributed by atoms with Crippen molar-refractivity contribution in [3.63, 3.8) is 0 Å². The zero-order chi connectivity index (χ0) is 14.8. The normalized spacial score (nSPS) is 16.1. The molecule has 0 atom stereocenters. The second-order valence-corrected chi connectivity index (χ2v) is 5.05. The summed E-state index contributed by atoms with van der Waals surface area (Å²) < 4.78 is 39.1. The molecular formula is C14H19F3N2O. The first-order chi connectivity index (χ1) is 9.47. The Labute approximate surface area is 116 Å². The van der Waals surface area contributed by atoms with Crippen molar-refractivity contribution in [2.75, 3.05) is 18.1 Å². The van der Waals surface area contributed by atoms with Crippen molar-refractivity contribution in [2.24, 2.45) is 5.73 Å². The smallest absolute Gasteiger partial charge is 0.395 e. The van der Waals surface area contributed by atoms with Crippen molar-refractivity contribution in [2.45, 2.75) is 38.0 Å². The van der Waals surface area contributed by atoms with Gasteiger partial charge in [-0.25, -0.2) is 0 Å². The molecule has 0 spiro atoms. The quantitative estimate of drug-likeness (QED) is 0.875. The molecule has 1 fully saturated rings. The molecule has 1 aromatic rings. The van der Waals surface area contributed by atoms with Gasteiger partial charge in [-0.2, -0.15) is 13.2 Å². The van der Waals surface area contributed by atoms with E-state index in [1.165, 1.54) is 6.07 Å². The third-order valence-electron chi connectivity index (χ3n) is 3.81. The number of alkyl halides is 3. The van der Waals surface area contributed by atoms with Crippen LogP contribution >= 0.6 is 0 Å². The van der Waals surface area contributed by atoms with Crippen LogP contribution in [0, 0.1) is 0 Å². The number of benzene rings is 1. The minimum absolute atomic E-state index is 0.0729. The Bertz CT molecular complexity index is 458. The molecule has 0 aromatic heterocycles. The molecule has 0 radical (unpaired) electrons. The summed E-state index contributed by atoms with van der Waals surface area (Å²) in [6.07, 6.45) is -1.41. The van der Waals surface area contributed by atoms with Crippen molar-refractivity contribution in [1.82, 2.24) is 0 Å². The maximum Gasteiger partial charge on any atom is 0.416 e. The largest absolute Gasteiger partial charge is 0.416 e. The topological polar surface area (TPSA) is 49.5 Å². The van der Waals surface area contributed by atoms with E-state index < -0.39 is 11.7 Å². The van der Waals surface area contributed by atoms with Gasteiger partial charge in [-0.3, -0.25) is 0 Å². The fourth-order valence-corrected chi connectivity index (χ4v) is 2.51. The molecular weight excluding hydrogens is 269 g/mol. The molecule has 0 amide bonds. The summed E-state index contributed by atoms with van der Waals surface area (Å²) in [4.78, 5) is 1.86. The van der Waals surface area contributed by atoms with Crippen molar-refractivity contribution in [3.8, 4) is 0 Å². The number of hydrogen-bond donors (Lipinski definition) is 2. The monoisotopic (exact) mass is 288 g/mol. The van der Waals surface area contributed by atoms with E-state index in [1.54, 1.807) is 6.07 Å². The standard InChI is InChI=1S/C14H19F3N2O/c15-14(16,17)13-8-12(5-4-10(13)9-18)19(6-7-20)11-2-1-3-11/h4-5,8,11,20H,1-3,6-7,9,18H2. The van der Waals surface area contributed by atoms with Crippen LogP contribution < -0.4 is 10.6 Å². The van der Waals surface area contributed by atoms with Crippen molar-refractivity contribution in [1.29, 1.82) is 0 Å². The van der Waals surface area contributed by atoms with Crippen LogP contribution in [0.3, 0.4) is 0 Å². The second-order valence-electron chi connectivity index (χ2n) is 5.05. The lowest BCUT2D eigenvalue weighted by Crippen LogP contribution is -2.42. The van der Waals surface area contributed by atoms with Crippen LogP contribution in [0.15, 0.2) is 18.2 Å². The molecule has 2 rings (SSSR count). The van der Waals surface area contributed by atoms with Crippen molar-refractivity contribution >= 4 is 5.69 Å². The molecule has 0 bridgehead atoms. The number of nitrogens with two attached hydrogens (primary N) is 1. The third-order valence-corrected chi connectivity index (χ3v) is 3.81. The Morgan fingerprint density at radius 2 is 2.00 bits per heavy atom. The summed E-state index contributed by atoms with van der Waals surface area (Å²) in [5.41, 5.74) is 5.30. The Balaban J connectivity index is 2.35. The van der Waals surface area contributed by atoms with Gasteiger partial charge in [-0.1, -0.05) is 6.07 Å². The van der Waals surface area contributed by atoms with Crippen LogP contribution in [0.4, 0.5) is 18.9 Å². The molecule has 0 aliphatic heterocycles. The van der Waals surface area contributed by atoms with Crippen LogP contribution in [-0.4, -0.2) is 24.3 Å². The van der Waals surface area contributed by atoms with Gasteiger partial charge in [0, 0.05) is 24.8 Å². The van der Waals surface area contributed by atoms with Gasteiger partial charge >= 0.3 is 6.18 Å². The van der Waals surface area contributed by atoms with E-state index in [1.807, 2.05) is 4.90 Å². The predicted octanol–water partition coefficient (Wildman–Crippen LogP) is 2.52. The van der Waals surface area contributed by atoms with Crippen molar-refractivity contribution < 1.29 is 18.3 Å². The zero-order valence-electron chi connectivity index (χ0n) is 11.2. The highest BCUT2D eigenvalue weighted by atomic mass is 19.4. The van der Waals surface area contributed by atoms with Gasteiger partial charge in [0.25, 0.3) is 0 Å². The zero-order valence-corrected chi connectivity index (χ0v) is 11.2. The Morgan fingerprint density at radius 3 is 2.45 bits per heavy atom. The molecule has 20 heavy (non-hydrogen) atoms. The number of aliphatic hydroxyl groups is 1. The molecule has 0 saturated heterocycles. The van der Waals surface area contributed by atoms with Gasteiger partial charge in [0.05, 0.1) is 12.2 Å². The molecule has 1 aromatic carbocycles. The van der Waals surface area contributed by atoms with Crippen molar-refractivity contribution in [3.05, 3.63) is 29.3 Å². The highest BCUT2D eigenvalue weighted by Gasteiger charge is 2.34. The van der Waals surface area contributed by atoms with Gasteiger partial charge in [0.15, 0.2) is 0 Å². The van der Waals surface area contributed by atoms with Gasteiger partial charge in [-0.15, -0.1) is 0 Å². The summed E-state index contributed by atoms with van der Waals surface area (Å²) in [5.74, 6) is 0. The van der Waals surface area contributed by atoms with Gasteiger partial charge in [-0.05, 0) is 37.0 Å². The number of halogens is 3. The molecule has 1 aliphatic rings. The first-order valence-electron chi connectivity index (χ1n) is 6.75. The molecule has 112 valence electrons. The van der Waals surface area contributed by atoms with E-state index in [0.717, 1.165) is 25.3 Å². The minimum atomic E-state index is -4.41. The van der Waals surface area contributed by atoms with Gasteiger partial charge in [0.1, 0.15) is 0 Å². The Hall–Kier alpha value is -1.27. The minimum Gasteiger partial charge on any atom is -0.395 e. The molecule has 3 nitrogen and oxygen atoms in total. The summed E-state index contributed by atoms with van der Waals surface area (Å²) >= 11 is 0.